The number of fused-ring (bicyclic) bond motifs is 1. The van der Waals surface area contributed by atoms with E-state index in [4.69, 9.17) is 37.6 Å². The Morgan fingerprint density at radius 1 is 0.810 bits per heavy atom. The number of aromatic hydroxyl groups is 4. The van der Waals surface area contributed by atoms with Crippen LogP contribution in [-0.2, 0) is 28.5 Å². The summed E-state index contributed by atoms with van der Waals surface area (Å²) in [4.78, 5) is 27.2. The molecule has 22 nitrogen and oxygen atoms in total. The minimum Gasteiger partial charge on any atom is -0.508 e. The van der Waals surface area contributed by atoms with Gasteiger partial charge in [0.25, 0.3) is 0 Å². The average Bonchev–Trinajstić information content (AvgIpc) is 3.54. The van der Waals surface area contributed by atoms with Gasteiger partial charge in [0, 0.05) is 23.8 Å². The van der Waals surface area contributed by atoms with E-state index in [9.17, 15) is 70.9 Å². The van der Waals surface area contributed by atoms with Gasteiger partial charge < -0.3 is 98.9 Å². The number of ether oxygens (including phenoxy) is 7. The molecule has 0 radical (unpaired) electrons. The molecule has 22 heteroatoms. The smallest absolute Gasteiger partial charge is 0.331 e. The van der Waals surface area contributed by atoms with Crippen molar-refractivity contribution in [3.63, 3.8) is 0 Å². The summed E-state index contributed by atoms with van der Waals surface area (Å²) in [6, 6.07) is 10.9. The minimum absolute atomic E-state index is 0.124. The molecule has 13 atom stereocenters. The van der Waals surface area contributed by atoms with Gasteiger partial charge in [0.2, 0.25) is 23.8 Å². The van der Waals surface area contributed by atoms with Gasteiger partial charge in [0.15, 0.2) is 29.7 Å². The van der Waals surface area contributed by atoms with Gasteiger partial charge in [0.05, 0.1) is 25.9 Å². The lowest BCUT2D eigenvalue weighted by atomic mass is 9.98. The van der Waals surface area contributed by atoms with Crippen molar-refractivity contribution in [2.45, 2.75) is 86.3 Å². The normalized spacial score (nSPS) is 32.2. The molecule has 0 spiro atoms. The predicted molar refractivity (Wildman–Crippen MR) is 208 cm³/mol. The quantitative estimate of drug-likeness (QED) is 0.0433. The van der Waals surface area contributed by atoms with Crippen molar-refractivity contribution in [1.29, 1.82) is 0 Å². The number of carbonyl (C=O) groups is 1. The van der Waals surface area contributed by atoms with E-state index in [1.165, 1.54) is 43.3 Å². The summed E-state index contributed by atoms with van der Waals surface area (Å²) in [6.45, 7) is -0.749. The molecule has 0 saturated carbocycles. The zero-order valence-electron chi connectivity index (χ0n) is 32.8. The molecule has 12 N–H and O–H groups in total. The van der Waals surface area contributed by atoms with Crippen molar-refractivity contribution in [3.05, 3.63) is 76.5 Å². The second-order valence-electron chi connectivity index (χ2n) is 15.1. The lowest BCUT2D eigenvalue weighted by molar-refractivity contribution is -0.319. The number of rotatable bonds is 12. The second-order valence-corrected chi connectivity index (χ2v) is 15.1. The standard InChI is InChI=1S/C41H44O22/c1-16-28(48)31(51)33(53)38(58-16)56-13-25-29(49)32(52)36(62-26(47)9-3-17-2-8-21(44)22(45)10-17)39(61-25)59-20-11-23(46)27-24(12-20)60-34(18-4-6-19(43)7-5-18)35(30(27)50)63-40-37(54)41(55,14-42)15-57-40/h2-12,16,25,28-29,31-33,36-40,42-46,48-49,51-55H,13-15H2,1H3/b9-3+. The lowest BCUT2D eigenvalue weighted by Gasteiger charge is -2.43. The molecule has 3 aliphatic heterocycles. The minimum atomic E-state index is -2.14. The van der Waals surface area contributed by atoms with Crippen molar-refractivity contribution in [3.8, 4) is 45.8 Å². The van der Waals surface area contributed by atoms with Crippen LogP contribution in [-0.4, -0.2) is 166 Å². The monoisotopic (exact) mass is 888 g/mol. The first-order valence-corrected chi connectivity index (χ1v) is 19.2. The number of aliphatic hydroxyl groups excluding tert-OH is 7. The van der Waals surface area contributed by atoms with Crippen LogP contribution in [0.3, 0.4) is 0 Å². The lowest BCUT2D eigenvalue weighted by Crippen LogP contribution is -2.62. The average molecular weight is 889 g/mol. The Hall–Kier alpha value is -5.60. The maximum absolute atomic E-state index is 14.1. The summed E-state index contributed by atoms with van der Waals surface area (Å²) in [6.07, 6.45) is -18.1. The van der Waals surface area contributed by atoms with Crippen LogP contribution in [0.2, 0.25) is 0 Å². The van der Waals surface area contributed by atoms with Crippen LogP contribution in [0.4, 0.5) is 0 Å². The number of aliphatic hydroxyl groups is 8. The van der Waals surface area contributed by atoms with Gasteiger partial charge in [-0.05, 0) is 55.0 Å². The van der Waals surface area contributed by atoms with E-state index in [1.807, 2.05) is 0 Å². The molecule has 13 unspecified atom stereocenters. The zero-order chi connectivity index (χ0) is 45.5. The van der Waals surface area contributed by atoms with Gasteiger partial charge in [-0.2, -0.15) is 0 Å². The molecule has 1 aromatic heterocycles. The maximum atomic E-state index is 14.1. The van der Waals surface area contributed by atoms with Crippen LogP contribution < -0.4 is 14.9 Å². The highest BCUT2D eigenvalue weighted by atomic mass is 16.7. The fraction of sp³-hybridized carbons (Fsp3) is 0.415. The molecule has 4 heterocycles. The van der Waals surface area contributed by atoms with Gasteiger partial charge >= 0.3 is 5.97 Å². The van der Waals surface area contributed by atoms with Gasteiger partial charge in [0.1, 0.15) is 76.5 Å². The molecule has 3 aliphatic rings. The fourth-order valence-corrected chi connectivity index (χ4v) is 6.97. The number of carbonyl (C=O) groups excluding carboxylic acids is 1. The molecule has 0 amide bonds. The summed E-state index contributed by atoms with van der Waals surface area (Å²) in [7, 11) is 0. The topological polar surface area (TPSA) is 355 Å². The molecule has 340 valence electrons. The van der Waals surface area contributed by atoms with Crippen molar-refractivity contribution in [1.82, 2.24) is 0 Å². The summed E-state index contributed by atoms with van der Waals surface area (Å²) < 4.78 is 45.5. The molecular formula is C41H44O22. The second kappa shape index (κ2) is 18.2. The third kappa shape index (κ3) is 9.24. The summed E-state index contributed by atoms with van der Waals surface area (Å²) in [5, 5.41) is 124. The van der Waals surface area contributed by atoms with Crippen molar-refractivity contribution in [2.75, 3.05) is 19.8 Å². The molecule has 0 bridgehead atoms. The molecule has 4 aromatic rings. The Labute approximate surface area is 354 Å². The molecule has 7 rings (SSSR count). The van der Waals surface area contributed by atoms with Crippen molar-refractivity contribution >= 4 is 23.0 Å². The van der Waals surface area contributed by atoms with Crippen LogP contribution in [0.1, 0.15) is 12.5 Å². The largest absolute Gasteiger partial charge is 0.508 e. The molecular weight excluding hydrogens is 844 g/mol. The van der Waals surface area contributed by atoms with Crippen LogP contribution in [0, 0.1) is 0 Å². The Morgan fingerprint density at radius 2 is 1.54 bits per heavy atom. The van der Waals surface area contributed by atoms with Gasteiger partial charge in [-0.3, -0.25) is 4.79 Å². The van der Waals surface area contributed by atoms with E-state index in [0.717, 1.165) is 30.3 Å². The SMILES string of the molecule is CC1OC(OCC2OC(Oc3cc(O)c4c(=O)c(OC5OCC(O)(CO)C5O)c(-c5ccc(O)cc5)oc4c3)C(OC(=O)/C=C/c3ccc(O)c(O)c3)C(O)C2O)C(O)C(O)C1O. The zero-order valence-corrected chi connectivity index (χ0v) is 32.8. The third-order valence-corrected chi connectivity index (χ3v) is 10.6. The van der Waals surface area contributed by atoms with Gasteiger partial charge in [-0.25, -0.2) is 4.79 Å². The summed E-state index contributed by atoms with van der Waals surface area (Å²) in [5.41, 5.74) is -3.16. The first-order chi connectivity index (χ1) is 29.9. The maximum Gasteiger partial charge on any atom is 0.331 e. The van der Waals surface area contributed by atoms with Crippen LogP contribution >= 0.6 is 0 Å². The van der Waals surface area contributed by atoms with Crippen molar-refractivity contribution in [2.24, 2.45) is 0 Å². The van der Waals surface area contributed by atoms with Crippen LogP contribution in [0.5, 0.6) is 34.5 Å². The van der Waals surface area contributed by atoms with E-state index in [-0.39, 0.29) is 34.0 Å². The van der Waals surface area contributed by atoms with E-state index in [2.05, 4.69) is 0 Å². The first kappa shape index (κ1) is 45.4. The van der Waals surface area contributed by atoms with E-state index in [0.29, 0.717) is 0 Å². The van der Waals surface area contributed by atoms with Crippen LogP contribution in [0.25, 0.3) is 28.4 Å². The number of esters is 1. The predicted octanol–water partition coefficient (Wildman–Crippen LogP) is -1.60. The van der Waals surface area contributed by atoms with E-state index < -0.39 is 139 Å². The Kier molecular flexibility index (Phi) is 13.2. The highest BCUT2D eigenvalue weighted by molar-refractivity contribution is 5.89. The number of hydrogen-bond donors (Lipinski definition) is 12. The first-order valence-electron chi connectivity index (χ1n) is 19.2. The van der Waals surface area contributed by atoms with Gasteiger partial charge in [-0.15, -0.1) is 0 Å². The molecule has 3 aromatic carbocycles. The number of benzene rings is 3. The highest BCUT2D eigenvalue weighted by Gasteiger charge is 2.51. The fourth-order valence-electron chi connectivity index (χ4n) is 6.97. The van der Waals surface area contributed by atoms with Crippen molar-refractivity contribution < 1.29 is 104 Å². The third-order valence-electron chi connectivity index (χ3n) is 10.6. The number of hydrogen-bond acceptors (Lipinski definition) is 22. The number of phenols is 4. The summed E-state index contributed by atoms with van der Waals surface area (Å²) >= 11 is 0. The van der Waals surface area contributed by atoms with E-state index in [1.54, 1.807) is 0 Å². The highest BCUT2D eigenvalue weighted by Crippen LogP contribution is 2.39. The van der Waals surface area contributed by atoms with Gasteiger partial charge in [-0.1, -0.05) is 6.07 Å². The van der Waals surface area contributed by atoms with Crippen LogP contribution in [0.15, 0.2) is 69.9 Å². The van der Waals surface area contributed by atoms with E-state index >= 15 is 0 Å². The number of phenolic OH excluding ortho intramolecular Hbond substituents is 4. The molecule has 63 heavy (non-hydrogen) atoms. The Bertz CT molecular complexity index is 2370. The molecule has 3 saturated heterocycles. The molecule has 3 fully saturated rings. The Morgan fingerprint density at radius 3 is 2.22 bits per heavy atom. The Balaban J connectivity index is 1.22. The summed E-state index contributed by atoms with van der Waals surface area (Å²) in [5.74, 6) is -4.28. The molecule has 0 aliphatic carbocycles.